The molecule has 2 aliphatic rings. The lowest BCUT2D eigenvalue weighted by Gasteiger charge is -2.43. The summed E-state index contributed by atoms with van der Waals surface area (Å²) in [6.45, 7) is 4.13. The average Bonchev–Trinajstić information content (AvgIpc) is 3.26. The first-order valence-electron chi connectivity index (χ1n) is 11.9. The van der Waals surface area contributed by atoms with Crippen molar-refractivity contribution >= 4 is 28.2 Å². The number of nitrogens with one attached hydrogen (secondary N) is 3. The topological polar surface area (TPSA) is 111 Å². The normalized spacial score (nSPS) is 18.8. The summed E-state index contributed by atoms with van der Waals surface area (Å²) in [6.07, 6.45) is 2.84. The van der Waals surface area contributed by atoms with Crippen LogP contribution in [0.2, 0.25) is 0 Å². The smallest absolute Gasteiger partial charge is 0.327 e. The SMILES string of the molecule is COc1ccc(N2C3=C(C(=O)CC(C)(C)C3)C(c3c[nH]c4ccccc34)c3c2[nH]c(=O)[nH]c3=O)cc1. The Bertz CT molecular complexity index is 1670. The number of hydrogen-bond acceptors (Lipinski definition) is 5. The molecule has 1 atom stereocenters. The molecule has 0 saturated heterocycles. The van der Waals surface area contributed by atoms with Crippen molar-refractivity contribution in [3.63, 3.8) is 0 Å². The lowest BCUT2D eigenvalue weighted by atomic mass is 9.68. The number of aromatic amines is 3. The molecule has 0 radical (unpaired) electrons. The largest absolute Gasteiger partial charge is 0.497 e. The predicted molar refractivity (Wildman–Crippen MR) is 138 cm³/mol. The van der Waals surface area contributed by atoms with Crippen molar-refractivity contribution in [2.45, 2.75) is 32.6 Å². The zero-order valence-electron chi connectivity index (χ0n) is 20.3. The van der Waals surface area contributed by atoms with Crippen LogP contribution in [0.15, 0.2) is 75.6 Å². The molecule has 1 unspecified atom stereocenters. The fourth-order valence-corrected chi connectivity index (χ4v) is 5.70. The van der Waals surface area contributed by atoms with Gasteiger partial charge in [-0.25, -0.2) is 4.79 Å². The molecule has 0 saturated carbocycles. The lowest BCUT2D eigenvalue weighted by molar-refractivity contribution is -0.118. The maximum atomic E-state index is 13.9. The molecular weight excluding hydrogens is 456 g/mol. The zero-order chi connectivity index (χ0) is 25.2. The molecule has 8 heteroatoms. The van der Waals surface area contributed by atoms with Gasteiger partial charge in [-0.1, -0.05) is 32.0 Å². The first kappa shape index (κ1) is 22.2. The lowest BCUT2D eigenvalue weighted by Crippen LogP contribution is -2.42. The van der Waals surface area contributed by atoms with E-state index in [9.17, 15) is 14.4 Å². The van der Waals surface area contributed by atoms with Crippen molar-refractivity contribution in [1.29, 1.82) is 0 Å². The minimum absolute atomic E-state index is 0.00583. The second kappa shape index (κ2) is 7.84. The van der Waals surface area contributed by atoms with Crippen molar-refractivity contribution in [3.05, 3.63) is 98.0 Å². The van der Waals surface area contributed by atoms with Gasteiger partial charge in [-0.3, -0.25) is 24.5 Å². The van der Waals surface area contributed by atoms with Crippen molar-refractivity contribution in [2.75, 3.05) is 12.0 Å². The van der Waals surface area contributed by atoms with Gasteiger partial charge in [0.1, 0.15) is 11.6 Å². The van der Waals surface area contributed by atoms with E-state index in [0.29, 0.717) is 35.5 Å². The molecule has 0 amide bonds. The third-order valence-electron chi connectivity index (χ3n) is 7.19. The number of para-hydroxylation sites is 1. The summed E-state index contributed by atoms with van der Waals surface area (Å²) < 4.78 is 5.33. The Morgan fingerprint density at radius 2 is 1.72 bits per heavy atom. The average molecular weight is 483 g/mol. The van der Waals surface area contributed by atoms with Crippen molar-refractivity contribution in [2.24, 2.45) is 5.41 Å². The molecule has 182 valence electrons. The number of fused-ring (bicyclic) bond motifs is 2. The van der Waals surface area contributed by atoms with E-state index in [1.54, 1.807) is 7.11 Å². The number of allylic oxidation sites excluding steroid dienone is 2. The Morgan fingerprint density at radius 3 is 2.47 bits per heavy atom. The third kappa shape index (κ3) is 3.32. The molecule has 0 spiro atoms. The Morgan fingerprint density at radius 1 is 0.972 bits per heavy atom. The minimum Gasteiger partial charge on any atom is -0.497 e. The summed E-state index contributed by atoms with van der Waals surface area (Å²) in [6, 6.07) is 15.2. The van der Waals surface area contributed by atoms with E-state index in [2.05, 4.69) is 28.8 Å². The number of aromatic nitrogens is 3. The van der Waals surface area contributed by atoms with Gasteiger partial charge in [-0.05, 0) is 47.7 Å². The summed E-state index contributed by atoms with van der Waals surface area (Å²) in [5.74, 6) is 0.450. The van der Waals surface area contributed by atoms with Gasteiger partial charge in [-0.2, -0.15) is 0 Å². The number of ketones is 1. The van der Waals surface area contributed by atoms with E-state index in [1.807, 2.05) is 59.6 Å². The highest BCUT2D eigenvalue weighted by Crippen LogP contribution is 2.52. The molecule has 1 aliphatic carbocycles. The monoisotopic (exact) mass is 482 g/mol. The van der Waals surface area contributed by atoms with Crippen LogP contribution in [0.4, 0.5) is 11.5 Å². The fourth-order valence-electron chi connectivity index (χ4n) is 5.70. The highest BCUT2D eigenvalue weighted by molar-refractivity contribution is 6.03. The van der Waals surface area contributed by atoms with E-state index in [4.69, 9.17) is 4.74 Å². The number of carbonyl (C=O) groups excluding carboxylic acids is 1. The molecule has 0 fully saturated rings. The maximum absolute atomic E-state index is 13.9. The summed E-state index contributed by atoms with van der Waals surface area (Å²) in [5, 5.41) is 0.932. The number of carbonyl (C=O) groups is 1. The molecule has 36 heavy (non-hydrogen) atoms. The predicted octanol–water partition coefficient (Wildman–Crippen LogP) is 4.48. The summed E-state index contributed by atoms with van der Waals surface area (Å²) >= 11 is 0. The third-order valence-corrected chi connectivity index (χ3v) is 7.19. The number of benzene rings is 2. The van der Waals surface area contributed by atoms with Crippen LogP contribution in [0.1, 0.15) is 43.7 Å². The molecule has 2 aromatic heterocycles. The standard InChI is InChI=1S/C28H26N4O4/c1-28(2)12-20-23(21(33)13-28)22(18-14-29-19-7-5-4-6-17(18)19)24-25(30-27(35)31-26(24)34)32(20)15-8-10-16(36-3)11-9-15/h4-11,14,22,29H,12-13H2,1-3H3,(H2,30,31,34,35). The van der Waals surface area contributed by atoms with Crippen LogP contribution in [-0.2, 0) is 4.79 Å². The van der Waals surface area contributed by atoms with E-state index in [-0.39, 0.29) is 11.2 Å². The number of ether oxygens (including phenoxy) is 1. The van der Waals surface area contributed by atoms with Crippen LogP contribution >= 0.6 is 0 Å². The molecule has 4 aromatic rings. The number of Topliss-reactive ketones (excluding diaryl/α,β-unsaturated/α-hetero) is 1. The van der Waals surface area contributed by atoms with Crippen LogP contribution < -0.4 is 20.9 Å². The number of H-pyrrole nitrogens is 3. The van der Waals surface area contributed by atoms with Crippen LogP contribution in [0.25, 0.3) is 10.9 Å². The second-order valence-electron chi connectivity index (χ2n) is 10.2. The van der Waals surface area contributed by atoms with Crippen molar-refractivity contribution in [1.82, 2.24) is 15.0 Å². The Kier molecular flexibility index (Phi) is 4.83. The first-order valence-corrected chi connectivity index (χ1v) is 11.9. The highest BCUT2D eigenvalue weighted by Gasteiger charge is 2.46. The highest BCUT2D eigenvalue weighted by atomic mass is 16.5. The number of hydrogen-bond donors (Lipinski definition) is 3. The molecule has 8 nitrogen and oxygen atoms in total. The number of nitrogens with zero attached hydrogens (tertiary/aromatic N) is 1. The van der Waals surface area contributed by atoms with Crippen LogP contribution in [0.3, 0.4) is 0 Å². The van der Waals surface area contributed by atoms with Gasteiger partial charge >= 0.3 is 5.69 Å². The van der Waals surface area contributed by atoms with Crippen LogP contribution in [-0.4, -0.2) is 27.8 Å². The second-order valence-corrected chi connectivity index (χ2v) is 10.2. The minimum atomic E-state index is -0.621. The van der Waals surface area contributed by atoms with E-state index >= 15 is 0 Å². The Hall–Kier alpha value is -4.33. The Labute approximate surface area is 206 Å². The van der Waals surface area contributed by atoms with Gasteiger partial charge < -0.3 is 9.72 Å². The maximum Gasteiger partial charge on any atom is 0.327 e. The number of methoxy groups -OCH3 is 1. The van der Waals surface area contributed by atoms with Crippen molar-refractivity contribution in [3.8, 4) is 5.75 Å². The molecule has 6 rings (SSSR count). The number of rotatable bonds is 3. The van der Waals surface area contributed by atoms with E-state index < -0.39 is 17.2 Å². The van der Waals surface area contributed by atoms with Crippen LogP contribution in [0.5, 0.6) is 5.75 Å². The first-order chi connectivity index (χ1) is 17.3. The van der Waals surface area contributed by atoms with Gasteiger partial charge in [0.25, 0.3) is 5.56 Å². The molecule has 3 heterocycles. The molecule has 0 bridgehead atoms. The van der Waals surface area contributed by atoms with E-state index in [0.717, 1.165) is 27.9 Å². The number of anilines is 2. The molecule has 1 aliphatic heterocycles. The Balaban J connectivity index is 1.71. The van der Waals surface area contributed by atoms with Gasteiger partial charge in [-0.15, -0.1) is 0 Å². The van der Waals surface area contributed by atoms with Gasteiger partial charge in [0.2, 0.25) is 0 Å². The molecule has 3 N–H and O–H groups in total. The fraction of sp³-hybridized carbons (Fsp3) is 0.250. The summed E-state index contributed by atoms with van der Waals surface area (Å²) in [4.78, 5) is 50.3. The van der Waals surface area contributed by atoms with Gasteiger partial charge in [0.15, 0.2) is 5.78 Å². The zero-order valence-corrected chi connectivity index (χ0v) is 20.3. The molecule has 2 aromatic carbocycles. The van der Waals surface area contributed by atoms with Gasteiger partial charge in [0.05, 0.1) is 18.6 Å². The quantitative estimate of drug-likeness (QED) is 0.399. The summed E-state index contributed by atoms with van der Waals surface area (Å²) in [7, 11) is 1.59. The van der Waals surface area contributed by atoms with Gasteiger partial charge in [0, 0.05) is 40.5 Å². The van der Waals surface area contributed by atoms with Crippen LogP contribution in [0, 0.1) is 5.41 Å². The van der Waals surface area contributed by atoms with Crippen molar-refractivity contribution < 1.29 is 9.53 Å². The summed E-state index contributed by atoms with van der Waals surface area (Å²) in [5.41, 5.74) is 2.83. The van der Waals surface area contributed by atoms with E-state index in [1.165, 1.54) is 0 Å². The molecular formula is C28H26N4O4.